The Bertz CT molecular complexity index is 1140. The number of likely N-dealkylation sites (tertiary alicyclic amines) is 1. The molecule has 0 aromatic heterocycles. The minimum atomic E-state index is -0.676. The van der Waals surface area contributed by atoms with E-state index in [-0.39, 0.29) is 12.7 Å². The Labute approximate surface area is 223 Å². The van der Waals surface area contributed by atoms with E-state index in [1.165, 1.54) is 0 Å². The molecule has 1 fully saturated rings. The van der Waals surface area contributed by atoms with E-state index in [9.17, 15) is 4.79 Å². The van der Waals surface area contributed by atoms with Crippen LogP contribution in [0.5, 0.6) is 11.5 Å². The number of methoxy groups -OCH3 is 1. The van der Waals surface area contributed by atoms with Crippen LogP contribution in [0.15, 0.2) is 43.0 Å². The van der Waals surface area contributed by atoms with Crippen LogP contribution in [0.25, 0.3) is 0 Å². The number of hydrogen-bond acceptors (Lipinski definition) is 10. The number of fused-ring (bicyclic) bond motifs is 2. The molecule has 1 amide bonds. The number of nitrogens with zero attached hydrogens (tertiary/aromatic N) is 4. The molecule has 0 saturated carbocycles. The van der Waals surface area contributed by atoms with Crippen molar-refractivity contribution in [1.29, 1.82) is 0 Å². The number of aliphatic imine (C=N–C) groups is 2. The van der Waals surface area contributed by atoms with Gasteiger partial charge in [-0.05, 0) is 67.1 Å². The number of piperidine rings is 1. The summed E-state index contributed by atoms with van der Waals surface area (Å²) >= 11 is 5.21. The average molecular weight is 580 g/mol. The minimum Gasteiger partial charge on any atom is -0.454 e. The van der Waals surface area contributed by atoms with Crippen LogP contribution in [-0.2, 0) is 9.53 Å². The Kier molecular flexibility index (Phi) is 7.10. The fourth-order valence-electron chi connectivity index (χ4n) is 4.90. The summed E-state index contributed by atoms with van der Waals surface area (Å²) in [5.74, 6) is 2.53. The van der Waals surface area contributed by atoms with Crippen molar-refractivity contribution in [2.75, 3.05) is 33.5 Å². The van der Waals surface area contributed by atoms with Gasteiger partial charge in [0.25, 0.3) is 5.91 Å². The molecule has 1 aromatic carbocycles. The fourth-order valence-corrected chi connectivity index (χ4v) is 6.50. The number of rotatable bonds is 6. The summed E-state index contributed by atoms with van der Waals surface area (Å²) in [7, 11) is 1.57. The molecular weight excluding hydrogens is 548 g/mol. The summed E-state index contributed by atoms with van der Waals surface area (Å²) in [6.45, 7) is 6.36. The van der Waals surface area contributed by atoms with E-state index in [1.807, 2.05) is 24.0 Å². The molecule has 0 spiro atoms. The number of carbonyl (C=O) groups excluding carboxylic acids is 1. The maximum Gasteiger partial charge on any atom is 0.251 e. The summed E-state index contributed by atoms with van der Waals surface area (Å²) in [6, 6.07) is 3.89. The van der Waals surface area contributed by atoms with E-state index in [0.717, 1.165) is 70.6 Å². The van der Waals surface area contributed by atoms with E-state index in [2.05, 4.69) is 26.1 Å². The molecular formula is C24H31BrN6O4S. The van der Waals surface area contributed by atoms with Crippen molar-refractivity contribution in [3.05, 3.63) is 28.1 Å². The highest BCUT2D eigenvalue weighted by Gasteiger charge is 2.46. The predicted octanol–water partition coefficient (Wildman–Crippen LogP) is 3.08. The zero-order chi connectivity index (χ0) is 25.4. The Morgan fingerprint density at radius 3 is 2.81 bits per heavy atom. The second kappa shape index (κ2) is 10.1. The van der Waals surface area contributed by atoms with Crippen LogP contribution in [0.4, 0.5) is 0 Å². The SMILES string of the molecule is CO[C@H](C)C(=O)N1CCC(CCN2C(Sc3cc4c(cc3Br)OCO4)=NC3=C(N)NC=NC32C)CC1. The zero-order valence-electron chi connectivity index (χ0n) is 20.6. The highest BCUT2D eigenvalue weighted by Crippen LogP contribution is 2.45. The Hall–Kier alpha value is -2.44. The Morgan fingerprint density at radius 2 is 2.08 bits per heavy atom. The van der Waals surface area contributed by atoms with Crippen molar-refractivity contribution >= 4 is 45.1 Å². The summed E-state index contributed by atoms with van der Waals surface area (Å²) < 4.78 is 17.2. The van der Waals surface area contributed by atoms with Gasteiger partial charge in [-0.15, -0.1) is 0 Å². The first-order valence-corrected chi connectivity index (χ1v) is 13.7. The molecule has 1 saturated heterocycles. The molecule has 5 rings (SSSR count). The van der Waals surface area contributed by atoms with Gasteiger partial charge in [0, 0.05) is 36.1 Å². The summed E-state index contributed by atoms with van der Waals surface area (Å²) in [6.07, 6.45) is 4.15. The number of benzene rings is 1. The van der Waals surface area contributed by atoms with E-state index >= 15 is 0 Å². The number of halogens is 1. The molecule has 4 aliphatic rings. The van der Waals surface area contributed by atoms with Crippen molar-refractivity contribution in [3.8, 4) is 11.5 Å². The number of amidine groups is 1. The second-order valence-corrected chi connectivity index (χ2v) is 11.3. The number of ether oxygens (including phenoxy) is 3. The van der Waals surface area contributed by atoms with Gasteiger partial charge in [-0.3, -0.25) is 4.79 Å². The quantitative estimate of drug-likeness (QED) is 0.529. The number of hydrogen-bond donors (Lipinski definition) is 2. The number of nitrogens with two attached hydrogens (primary N) is 1. The molecule has 3 N–H and O–H groups in total. The van der Waals surface area contributed by atoms with Gasteiger partial charge in [0.1, 0.15) is 17.6 Å². The third kappa shape index (κ3) is 4.66. The average Bonchev–Trinajstić information content (AvgIpc) is 3.44. The van der Waals surface area contributed by atoms with Gasteiger partial charge in [0.2, 0.25) is 6.79 Å². The zero-order valence-corrected chi connectivity index (χ0v) is 23.0. The van der Waals surface area contributed by atoms with Crippen molar-refractivity contribution in [2.24, 2.45) is 21.6 Å². The summed E-state index contributed by atoms with van der Waals surface area (Å²) in [5, 5.41) is 3.82. The molecule has 1 aromatic rings. The second-order valence-electron chi connectivity index (χ2n) is 9.40. The van der Waals surface area contributed by atoms with Gasteiger partial charge in [-0.25, -0.2) is 9.98 Å². The van der Waals surface area contributed by atoms with Crippen LogP contribution < -0.4 is 20.5 Å². The first-order valence-electron chi connectivity index (χ1n) is 12.1. The van der Waals surface area contributed by atoms with E-state index in [4.69, 9.17) is 29.9 Å². The highest BCUT2D eigenvalue weighted by atomic mass is 79.9. The van der Waals surface area contributed by atoms with Crippen molar-refractivity contribution < 1.29 is 19.0 Å². The largest absolute Gasteiger partial charge is 0.454 e. The number of nitrogens with one attached hydrogen (secondary N) is 1. The molecule has 4 heterocycles. The van der Waals surface area contributed by atoms with Gasteiger partial charge in [-0.1, -0.05) is 11.8 Å². The molecule has 1 unspecified atom stereocenters. The lowest BCUT2D eigenvalue weighted by atomic mass is 9.92. The van der Waals surface area contributed by atoms with Crippen LogP contribution in [0, 0.1) is 5.92 Å². The predicted molar refractivity (Wildman–Crippen MR) is 142 cm³/mol. The molecule has 10 nitrogen and oxygen atoms in total. The van der Waals surface area contributed by atoms with Crippen LogP contribution in [0.3, 0.4) is 0 Å². The van der Waals surface area contributed by atoms with Crippen LogP contribution in [0.2, 0.25) is 0 Å². The number of thioether (sulfide) groups is 1. The molecule has 194 valence electrons. The Balaban J connectivity index is 1.31. The van der Waals surface area contributed by atoms with E-state index in [1.54, 1.807) is 32.1 Å². The third-order valence-electron chi connectivity index (χ3n) is 7.22. The highest BCUT2D eigenvalue weighted by molar-refractivity contribution is 9.10. The maximum absolute atomic E-state index is 12.5. The third-order valence-corrected chi connectivity index (χ3v) is 9.19. The lowest BCUT2D eigenvalue weighted by Crippen LogP contribution is -2.49. The van der Waals surface area contributed by atoms with Gasteiger partial charge in [0.05, 0.1) is 6.34 Å². The lowest BCUT2D eigenvalue weighted by molar-refractivity contribution is -0.142. The van der Waals surface area contributed by atoms with E-state index in [0.29, 0.717) is 11.7 Å². The topological polar surface area (TPSA) is 114 Å². The van der Waals surface area contributed by atoms with Crippen LogP contribution in [-0.4, -0.2) is 72.5 Å². The van der Waals surface area contributed by atoms with Gasteiger partial charge in [-0.2, -0.15) is 0 Å². The van der Waals surface area contributed by atoms with Crippen molar-refractivity contribution in [1.82, 2.24) is 15.1 Å². The van der Waals surface area contributed by atoms with E-state index < -0.39 is 11.8 Å². The first-order chi connectivity index (χ1) is 17.3. The molecule has 36 heavy (non-hydrogen) atoms. The Morgan fingerprint density at radius 1 is 1.36 bits per heavy atom. The molecule has 0 aliphatic carbocycles. The number of amides is 1. The summed E-state index contributed by atoms with van der Waals surface area (Å²) in [5.41, 5.74) is 6.33. The lowest BCUT2D eigenvalue weighted by Gasteiger charge is -2.38. The van der Waals surface area contributed by atoms with Crippen LogP contribution in [0.1, 0.15) is 33.1 Å². The van der Waals surface area contributed by atoms with Crippen molar-refractivity contribution in [3.63, 3.8) is 0 Å². The molecule has 2 atom stereocenters. The fraction of sp³-hybridized carbons (Fsp3) is 0.542. The van der Waals surface area contributed by atoms with Crippen LogP contribution >= 0.6 is 27.7 Å². The molecule has 0 radical (unpaired) electrons. The van der Waals surface area contributed by atoms with Gasteiger partial charge in [0.15, 0.2) is 22.3 Å². The standard InChI is InChI=1S/C24H31BrN6O4S/c1-14(33-3)22(32)30-7-4-15(5-8-30)6-9-31-23(29-20-21(26)27-12-28-24(20,31)2)36-19-11-18-17(10-16(19)25)34-13-35-18/h10-12,14-15H,4-9,13,26H2,1-3H3,(H,27,28)/t14-,24?/m1/s1. The summed E-state index contributed by atoms with van der Waals surface area (Å²) in [4.78, 5) is 27.3. The molecule has 4 aliphatic heterocycles. The van der Waals surface area contributed by atoms with Crippen molar-refractivity contribution in [2.45, 2.75) is 49.8 Å². The van der Waals surface area contributed by atoms with Gasteiger partial charge >= 0.3 is 0 Å². The monoisotopic (exact) mass is 578 g/mol. The minimum absolute atomic E-state index is 0.0671. The molecule has 0 bridgehead atoms. The smallest absolute Gasteiger partial charge is 0.251 e. The number of carbonyl (C=O) groups is 1. The maximum atomic E-state index is 12.5. The normalized spacial score (nSPS) is 24.1. The van der Waals surface area contributed by atoms with Gasteiger partial charge < -0.3 is 35.1 Å². The molecule has 12 heteroatoms. The first kappa shape index (κ1) is 25.2.